The molecule has 2 N–H and O–H groups in total. The van der Waals surface area contributed by atoms with Gasteiger partial charge in [-0.2, -0.15) is 17.9 Å². The van der Waals surface area contributed by atoms with E-state index in [1.165, 1.54) is 28.8 Å². The lowest BCUT2D eigenvalue weighted by Gasteiger charge is -2.11. The van der Waals surface area contributed by atoms with Gasteiger partial charge >= 0.3 is 11.9 Å². The van der Waals surface area contributed by atoms with Crippen molar-refractivity contribution in [2.45, 2.75) is 37.4 Å². The topological polar surface area (TPSA) is 100.0 Å². The van der Waals surface area contributed by atoms with Gasteiger partial charge in [-0.25, -0.2) is 18.4 Å². The van der Waals surface area contributed by atoms with E-state index in [-0.39, 0.29) is 17.1 Å². The minimum atomic E-state index is -4.64. The van der Waals surface area contributed by atoms with Crippen LogP contribution in [-0.4, -0.2) is 22.8 Å². The van der Waals surface area contributed by atoms with Gasteiger partial charge in [-0.1, -0.05) is 61.5 Å². The molecular weight excluding hydrogens is 493 g/mol. The minimum absolute atomic E-state index is 0.0104. The number of aromatic nitrogens is 3. The van der Waals surface area contributed by atoms with Crippen molar-refractivity contribution in [1.82, 2.24) is 14.3 Å². The summed E-state index contributed by atoms with van der Waals surface area (Å²) < 4.78 is 66.7. The number of rotatable bonds is 7. The van der Waals surface area contributed by atoms with Gasteiger partial charge in [0.15, 0.2) is 0 Å². The summed E-state index contributed by atoms with van der Waals surface area (Å²) in [5.74, 6) is 0.364. The van der Waals surface area contributed by atoms with E-state index in [4.69, 9.17) is 5.14 Å². The lowest BCUT2D eigenvalue weighted by Crippen LogP contribution is -2.26. The maximum Gasteiger partial charge on any atom is 0.418 e. The van der Waals surface area contributed by atoms with Gasteiger partial charge in [0.05, 0.1) is 22.7 Å². The molecule has 0 unspecified atom stereocenters. The van der Waals surface area contributed by atoms with Crippen LogP contribution >= 0.6 is 0 Å². The number of benzene rings is 3. The van der Waals surface area contributed by atoms with Crippen LogP contribution in [0, 0.1) is 0 Å². The Morgan fingerprint density at radius 1 is 0.944 bits per heavy atom. The highest BCUT2D eigenvalue weighted by Crippen LogP contribution is 2.33. The average molecular weight is 517 g/mol. The lowest BCUT2D eigenvalue weighted by atomic mass is 10.0. The third kappa shape index (κ3) is 5.12. The number of aryl methyl sites for hydroxylation is 1. The fourth-order valence-electron chi connectivity index (χ4n) is 3.98. The lowest BCUT2D eigenvalue weighted by molar-refractivity contribution is -0.137. The molecule has 0 fully saturated rings. The third-order valence-corrected chi connectivity index (χ3v) is 6.62. The van der Waals surface area contributed by atoms with Crippen LogP contribution in [0.2, 0.25) is 0 Å². The van der Waals surface area contributed by atoms with E-state index in [0.717, 1.165) is 10.7 Å². The second-order valence-corrected chi connectivity index (χ2v) is 9.73. The van der Waals surface area contributed by atoms with Crippen molar-refractivity contribution in [1.29, 1.82) is 0 Å². The first-order valence-corrected chi connectivity index (χ1v) is 12.6. The normalized spacial score (nSPS) is 12.1. The highest BCUT2D eigenvalue weighted by Gasteiger charge is 2.34. The highest BCUT2D eigenvalue weighted by molar-refractivity contribution is 7.89. The molecule has 3 aromatic carbocycles. The number of para-hydroxylation sites is 1. The Balaban J connectivity index is 1.73. The highest BCUT2D eigenvalue weighted by atomic mass is 32.2. The standard InChI is InChI=1S/C25H23F3N4O3S/c1-2-7-23-30-32(21-10-5-4-9-20(21)25(26,27)28)24(33)31(23)16-17-12-14-18(15-13-17)19-8-3-6-11-22(19)36(29,34)35/h3-6,8-15H,2,7,16H2,1H3,(H2,29,34,35). The number of alkyl halides is 3. The van der Waals surface area contributed by atoms with Crippen molar-refractivity contribution in [3.63, 3.8) is 0 Å². The first kappa shape index (κ1) is 25.4. The van der Waals surface area contributed by atoms with Crippen molar-refractivity contribution >= 4 is 10.0 Å². The zero-order chi connectivity index (χ0) is 26.1. The summed E-state index contributed by atoms with van der Waals surface area (Å²) in [6, 6.07) is 18.0. The van der Waals surface area contributed by atoms with E-state index in [1.54, 1.807) is 42.5 Å². The number of sulfonamides is 1. The Kier molecular flexibility index (Phi) is 6.87. The molecule has 7 nitrogen and oxygen atoms in total. The molecule has 4 aromatic rings. The molecule has 1 aromatic heterocycles. The molecule has 36 heavy (non-hydrogen) atoms. The zero-order valence-electron chi connectivity index (χ0n) is 19.2. The van der Waals surface area contributed by atoms with Gasteiger partial charge in [0, 0.05) is 12.0 Å². The van der Waals surface area contributed by atoms with Gasteiger partial charge in [-0.3, -0.25) is 4.57 Å². The molecular formula is C25H23F3N4O3S. The summed E-state index contributed by atoms with van der Waals surface area (Å²) in [5.41, 5.74) is -0.223. The van der Waals surface area contributed by atoms with Crippen molar-refractivity contribution in [2.24, 2.45) is 5.14 Å². The maximum atomic E-state index is 13.6. The van der Waals surface area contributed by atoms with Crippen molar-refractivity contribution in [3.8, 4) is 16.8 Å². The van der Waals surface area contributed by atoms with E-state index in [2.05, 4.69) is 5.10 Å². The fourth-order valence-corrected chi connectivity index (χ4v) is 4.75. The number of nitrogens with two attached hydrogens (primary N) is 1. The summed E-state index contributed by atoms with van der Waals surface area (Å²) in [7, 11) is -3.93. The van der Waals surface area contributed by atoms with Gasteiger partial charge in [-0.05, 0) is 35.7 Å². The molecule has 0 spiro atoms. The average Bonchev–Trinajstić information content (AvgIpc) is 3.13. The second-order valence-electron chi connectivity index (χ2n) is 8.20. The molecule has 0 saturated carbocycles. The van der Waals surface area contributed by atoms with E-state index < -0.39 is 27.5 Å². The van der Waals surface area contributed by atoms with Gasteiger partial charge in [0.25, 0.3) is 0 Å². The molecule has 0 bridgehead atoms. The predicted molar refractivity (Wildman–Crippen MR) is 129 cm³/mol. The van der Waals surface area contributed by atoms with E-state index in [9.17, 15) is 26.4 Å². The molecule has 4 rings (SSSR count). The van der Waals surface area contributed by atoms with E-state index in [0.29, 0.717) is 35.4 Å². The molecule has 0 atom stereocenters. The third-order valence-electron chi connectivity index (χ3n) is 5.65. The molecule has 0 aliphatic carbocycles. The molecule has 0 aliphatic rings. The Morgan fingerprint density at radius 3 is 2.22 bits per heavy atom. The van der Waals surface area contributed by atoms with Crippen LogP contribution in [0.4, 0.5) is 13.2 Å². The quantitative estimate of drug-likeness (QED) is 0.394. The van der Waals surface area contributed by atoms with E-state index in [1.807, 2.05) is 6.92 Å². The van der Waals surface area contributed by atoms with Crippen LogP contribution in [0.5, 0.6) is 0 Å². The van der Waals surface area contributed by atoms with Gasteiger partial charge in [-0.15, -0.1) is 5.10 Å². The molecule has 1 heterocycles. The zero-order valence-corrected chi connectivity index (χ0v) is 20.1. The monoisotopic (exact) mass is 516 g/mol. The van der Waals surface area contributed by atoms with Gasteiger partial charge in [0.1, 0.15) is 5.82 Å². The Bertz CT molecular complexity index is 1560. The van der Waals surface area contributed by atoms with Crippen LogP contribution in [0.1, 0.15) is 30.3 Å². The van der Waals surface area contributed by atoms with Crippen molar-refractivity contribution in [3.05, 3.63) is 100 Å². The maximum absolute atomic E-state index is 13.6. The summed E-state index contributed by atoms with van der Waals surface area (Å²) in [6.07, 6.45) is -3.61. The summed E-state index contributed by atoms with van der Waals surface area (Å²) >= 11 is 0. The second kappa shape index (κ2) is 9.75. The SMILES string of the molecule is CCCc1nn(-c2ccccc2C(F)(F)F)c(=O)n1Cc1ccc(-c2ccccc2S(N)(=O)=O)cc1. The Morgan fingerprint density at radius 2 is 1.58 bits per heavy atom. The van der Waals surface area contributed by atoms with Crippen molar-refractivity contribution in [2.75, 3.05) is 0 Å². The molecule has 0 saturated heterocycles. The molecule has 0 aliphatic heterocycles. The van der Waals surface area contributed by atoms with Crippen molar-refractivity contribution < 1.29 is 21.6 Å². The van der Waals surface area contributed by atoms with Crippen LogP contribution in [0.25, 0.3) is 16.8 Å². The predicted octanol–water partition coefficient (Wildman–Crippen LogP) is 4.37. The Labute approximate surface area is 205 Å². The number of hydrogen-bond acceptors (Lipinski definition) is 4. The minimum Gasteiger partial charge on any atom is -0.274 e. The number of nitrogens with zero attached hydrogens (tertiary/aromatic N) is 3. The molecule has 0 radical (unpaired) electrons. The van der Waals surface area contributed by atoms with Gasteiger partial charge < -0.3 is 0 Å². The molecule has 11 heteroatoms. The number of hydrogen-bond donors (Lipinski definition) is 1. The summed E-state index contributed by atoms with van der Waals surface area (Å²) in [4.78, 5) is 13.2. The Hall–Kier alpha value is -3.70. The van der Waals surface area contributed by atoms with E-state index >= 15 is 0 Å². The van der Waals surface area contributed by atoms with Crippen LogP contribution in [0.15, 0.2) is 82.5 Å². The van der Waals surface area contributed by atoms with Crippen LogP contribution in [0.3, 0.4) is 0 Å². The largest absolute Gasteiger partial charge is 0.418 e. The first-order chi connectivity index (χ1) is 17.0. The van der Waals surface area contributed by atoms with Crippen LogP contribution in [-0.2, 0) is 29.2 Å². The first-order valence-electron chi connectivity index (χ1n) is 11.1. The summed E-state index contributed by atoms with van der Waals surface area (Å²) in [6.45, 7) is 1.97. The van der Waals surface area contributed by atoms with Crippen LogP contribution < -0.4 is 10.8 Å². The molecule has 0 amide bonds. The number of halogens is 3. The smallest absolute Gasteiger partial charge is 0.274 e. The van der Waals surface area contributed by atoms with Gasteiger partial charge in [0.2, 0.25) is 10.0 Å². The summed E-state index contributed by atoms with van der Waals surface area (Å²) in [5, 5.41) is 9.56. The number of primary sulfonamides is 1. The molecule has 188 valence electrons. The fraction of sp³-hybridized carbons (Fsp3) is 0.200.